The van der Waals surface area contributed by atoms with Gasteiger partial charge in [-0.2, -0.15) is 0 Å². The smallest absolute Gasteiger partial charge is 0.119 e. The number of benzene rings is 4. The molecule has 0 N–H and O–H groups in total. The molecule has 0 bridgehead atoms. The van der Waals surface area contributed by atoms with Crippen molar-refractivity contribution in [3.8, 4) is 5.75 Å². The van der Waals surface area contributed by atoms with Gasteiger partial charge in [0.1, 0.15) is 5.75 Å². The maximum atomic E-state index is 5.45. The Hall–Kier alpha value is -3.06. The molecule has 0 aromatic heterocycles. The standard InChI is InChI=1S/C14H10.C10H14O.C2H4/c1-2-6-12-10-14-8-4-3-7-13(14)9-11(12)5-1;1-2-3-9-11-10-7-5-4-6-8-10;1-2/h1-10H;4-8H,2-3,9H2,1H3;1-2H2. The average Bonchev–Trinajstić information content (AvgIpc) is 2.75. The van der Waals surface area contributed by atoms with Crippen molar-refractivity contribution in [2.45, 2.75) is 19.8 Å². The Morgan fingerprint density at radius 1 is 0.630 bits per heavy atom. The minimum Gasteiger partial charge on any atom is -0.494 e. The molecule has 4 aromatic carbocycles. The summed E-state index contributed by atoms with van der Waals surface area (Å²) >= 11 is 0. The molecule has 0 aliphatic rings. The van der Waals surface area contributed by atoms with Crippen LogP contribution in [-0.2, 0) is 0 Å². The van der Waals surface area contributed by atoms with Crippen molar-refractivity contribution in [1.29, 1.82) is 0 Å². The van der Waals surface area contributed by atoms with Crippen molar-refractivity contribution in [3.05, 3.63) is 104 Å². The van der Waals surface area contributed by atoms with Crippen LogP contribution in [0.15, 0.2) is 104 Å². The first-order chi connectivity index (χ1) is 13.4. The Balaban J connectivity index is 0.000000183. The lowest BCUT2D eigenvalue weighted by Crippen LogP contribution is -1.95. The summed E-state index contributed by atoms with van der Waals surface area (Å²) in [5, 5.41) is 5.25. The molecule has 0 saturated carbocycles. The molecule has 1 nitrogen and oxygen atoms in total. The van der Waals surface area contributed by atoms with Gasteiger partial charge in [-0.3, -0.25) is 0 Å². The third kappa shape index (κ3) is 6.31. The van der Waals surface area contributed by atoms with Gasteiger partial charge in [-0.05, 0) is 52.2 Å². The molecule has 0 aliphatic carbocycles. The van der Waals surface area contributed by atoms with E-state index in [1.54, 1.807) is 0 Å². The van der Waals surface area contributed by atoms with Crippen LogP contribution in [0.1, 0.15) is 19.8 Å². The van der Waals surface area contributed by atoms with Gasteiger partial charge < -0.3 is 4.74 Å². The van der Waals surface area contributed by atoms with E-state index in [0.717, 1.165) is 18.8 Å². The SMILES string of the molecule is C=C.CCCCOc1ccccc1.c1ccc2cc3ccccc3cc2c1. The van der Waals surface area contributed by atoms with E-state index in [4.69, 9.17) is 4.74 Å². The van der Waals surface area contributed by atoms with Crippen LogP contribution in [0.25, 0.3) is 21.5 Å². The van der Waals surface area contributed by atoms with Crippen LogP contribution < -0.4 is 4.74 Å². The molecule has 0 aliphatic heterocycles. The number of hydrogen-bond acceptors (Lipinski definition) is 1. The van der Waals surface area contributed by atoms with Crippen LogP contribution in [0.3, 0.4) is 0 Å². The average molecular weight is 357 g/mol. The largest absolute Gasteiger partial charge is 0.494 e. The molecule has 0 amide bonds. The lowest BCUT2D eigenvalue weighted by atomic mass is 10.0. The van der Waals surface area contributed by atoms with Crippen molar-refractivity contribution in [2.75, 3.05) is 6.61 Å². The van der Waals surface area contributed by atoms with Gasteiger partial charge in [0.25, 0.3) is 0 Å². The number of hydrogen-bond donors (Lipinski definition) is 0. The van der Waals surface area contributed by atoms with Gasteiger partial charge in [-0.1, -0.05) is 80.1 Å². The van der Waals surface area contributed by atoms with Crippen molar-refractivity contribution >= 4 is 21.5 Å². The summed E-state index contributed by atoms with van der Waals surface area (Å²) in [5.74, 6) is 0.973. The zero-order valence-corrected chi connectivity index (χ0v) is 16.1. The normalized spacial score (nSPS) is 9.67. The second-order valence-corrected chi connectivity index (χ2v) is 6.06. The number of unbranched alkanes of at least 4 members (excludes halogenated alkanes) is 1. The minimum atomic E-state index is 0.834. The monoisotopic (exact) mass is 356 g/mol. The van der Waals surface area contributed by atoms with E-state index >= 15 is 0 Å². The van der Waals surface area contributed by atoms with Crippen LogP contribution in [0.2, 0.25) is 0 Å². The summed E-state index contributed by atoms with van der Waals surface area (Å²) in [4.78, 5) is 0. The fourth-order valence-corrected chi connectivity index (χ4v) is 2.73. The molecular formula is C26H28O. The van der Waals surface area contributed by atoms with Gasteiger partial charge >= 0.3 is 0 Å². The lowest BCUT2D eigenvalue weighted by Gasteiger charge is -2.03. The molecule has 4 aromatic rings. The fourth-order valence-electron chi connectivity index (χ4n) is 2.73. The van der Waals surface area contributed by atoms with E-state index in [1.807, 2.05) is 30.3 Å². The van der Waals surface area contributed by atoms with Crippen LogP contribution in [0, 0.1) is 0 Å². The summed E-state index contributed by atoms with van der Waals surface area (Å²) in [6.45, 7) is 8.99. The van der Waals surface area contributed by atoms with Crippen molar-refractivity contribution in [1.82, 2.24) is 0 Å². The topological polar surface area (TPSA) is 9.23 Å². The second-order valence-electron chi connectivity index (χ2n) is 6.06. The molecule has 138 valence electrons. The van der Waals surface area contributed by atoms with Crippen LogP contribution in [0.5, 0.6) is 5.75 Å². The molecule has 4 rings (SSSR count). The van der Waals surface area contributed by atoms with E-state index in [0.29, 0.717) is 0 Å². The van der Waals surface area contributed by atoms with Gasteiger partial charge in [0.05, 0.1) is 6.61 Å². The number of fused-ring (bicyclic) bond motifs is 2. The zero-order valence-electron chi connectivity index (χ0n) is 16.1. The van der Waals surface area contributed by atoms with Crippen LogP contribution >= 0.6 is 0 Å². The van der Waals surface area contributed by atoms with E-state index in [1.165, 1.54) is 28.0 Å². The predicted molar refractivity (Wildman–Crippen MR) is 120 cm³/mol. The highest BCUT2D eigenvalue weighted by molar-refractivity contribution is 5.98. The molecule has 27 heavy (non-hydrogen) atoms. The first kappa shape index (κ1) is 20.3. The molecule has 0 fully saturated rings. The molecular weight excluding hydrogens is 328 g/mol. The summed E-state index contributed by atoms with van der Waals surface area (Å²) in [7, 11) is 0. The highest BCUT2D eigenvalue weighted by Gasteiger charge is 1.95. The van der Waals surface area contributed by atoms with E-state index < -0.39 is 0 Å². The quantitative estimate of drug-likeness (QED) is 0.207. The van der Waals surface area contributed by atoms with Gasteiger partial charge in [0.2, 0.25) is 0 Å². The highest BCUT2D eigenvalue weighted by Crippen LogP contribution is 2.22. The Morgan fingerprint density at radius 3 is 1.44 bits per heavy atom. The summed E-state index contributed by atoms with van der Waals surface area (Å²) in [5.41, 5.74) is 0. The van der Waals surface area contributed by atoms with Crippen molar-refractivity contribution < 1.29 is 4.74 Å². The summed E-state index contributed by atoms with van der Waals surface area (Å²) < 4.78 is 5.45. The molecule has 1 heteroatoms. The Morgan fingerprint density at radius 2 is 1.04 bits per heavy atom. The number of para-hydroxylation sites is 1. The molecule has 0 spiro atoms. The van der Waals surface area contributed by atoms with Gasteiger partial charge in [-0.15, -0.1) is 13.2 Å². The molecule has 0 atom stereocenters. The predicted octanol–water partition coefficient (Wildman–Crippen LogP) is 7.66. The van der Waals surface area contributed by atoms with Gasteiger partial charge in [-0.25, -0.2) is 0 Å². The molecule has 0 unspecified atom stereocenters. The minimum absolute atomic E-state index is 0.834. The summed E-state index contributed by atoms with van der Waals surface area (Å²) in [6.07, 6.45) is 2.32. The van der Waals surface area contributed by atoms with E-state index in [9.17, 15) is 0 Å². The van der Waals surface area contributed by atoms with Gasteiger partial charge in [0.15, 0.2) is 0 Å². The third-order valence-electron chi connectivity index (χ3n) is 4.12. The molecule has 0 saturated heterocycles. The molecule has 0 radical (unpaired) electrons. The Kier molecular flexibility index (Phi) is 8.65. The second kappa shape index (κ2) is 11.5. The van der Waals surface area contributed by atoms with Crippen molar-refractivity contribution in [3.63, 3.8) is 0 Å². The fraction of sp³-hybridized carbons (Fsp3) is 0.154. The zero-order chi connectivity index (χ0) is 19.3. The first-order valence-electron chi connectivity index (χ1n) is 9.42. The van der Waals surface area contributed by atoms with Crippen LogP contribution in [-0.4, -0.2) is 6.61 Å². The van der Waals surface area contributed by atoms with Gasteiger partial charge in [0, 0.05) is 0 Å². The van der Waals surface area contributed by atoms with E-state index in [-0.39, 0.29) is 0 Å². The maximum Gasteiger partial charge on any atom is 0.119 e. The maximum absolute atomic E-state index is 5.45. The third-order valence-corrected chi connectivity index (χ3v) is 4.12. The Bertz CT molecular complexity index is 823. The Labute approximate surface area is 162 Å². The first-order valence-corrected chi connectivity index (χ1v) is 9.42. The van der Waals surface area contributed by atoms with Crippen molar-refractivity contribution in [2.24, 2.45) is 0 Å². The summed E-state index contributed by atoms with van der Waals surface area (Å²) in [6, 6.07) is 31.4. The van der Waals surface area contributed by atoms with E-state index in [2.05, 4.69) is 80.7 Å². The molecule has 0 heterocycles. The number of rotatable bonds is 4. The highest BCUT2D eigenvalue weighted by atomic mass is 16.5. The van der Waals surface area contributed by atoms with Crippen LogP contribution in [0.4, 0.5) is 0 Å². The lowest BCUT2D eigenvalue weighted by molar-refractivity contribution is 0.309. The number of ether oxygens (including phenoxy) is 1.